The fourth-order valence-corrected chi connectivity index (χ4v) is 2.84. The highest BCUT2D eigenvalue weighted by molar-refractivity contribution is 7.91. The van der Waals surface area contributed by atoms with Crippen LogP contribution in [0.15, 0.2) is 29.2 Å². The number of nitriles is 1. The van der Waals surface area contributed by atoms with Crippen LogP contribution >= 0.6 is 11.6 Å². The quantitative estimate of drug-likeness (QED) is 0.886. The summed E-state index contributed by atoms with van der Waals surface area (Å²) in [5, 5.41) is 17.9. The Morgan fingerprint density at radius 3 is 2.75 bits per heavy atom. The van der Waals surface area contributed by atoms with Gasteiger partial charge in [-0.2, -0.15) is 5.26 Å². The highest BCUT2D eigenvalue weighted by Crippen LogP contribution is 2.17. The fraction of sp³-hybridized carbons (Fsp3) is 0.300. The van der Waals surface area contributed by atoms with Crippen molar-refractivity contribution in [1.82, 2.24) is 0 Å². The van der Waals surface area contributed by atoms with Crippen molar-refractivity contribution < 1.29 is 13.5 Å². The largest absolute Gasteiger partial charge is 0.391 e. The summed E-state index contributed by atoms with van der Waals surface area (Å²) in [6.07, 6.45) is -1.38. The van der Waals surface area contributed by atoms with Gasteiger partial charge in [0.05, 0.1) is 29.2 Å². The molecule has 0 aliphatic rings. The molecule has 1 atom stereocenters. The lowest BCUT2D eigenvalue weighted by molar-refractivity contribution is 0.202. The minimum absolute atomic E-state index is 0.0528. The molecule has 0 amide bonds. The van der Waals surface area contributed by atoms with E-state index in [0.29, 0.717) is 5.02 Å². The molecule has 16 heavy (non-hydrogen) atoms. The molecule has 0 bridgehead atoms. The highest BCUT2D eigenvalue weighted by atomic mass is 35.5. The Labute approximate surface area is 99.0 Å². The van der Waals surface area contributed by atoms with Gasteiger partial charge in [-0.25, -0.2) is 8.42 Å². The van der Waals surface area contributed by atoms with Crippen LogP contribution in [0.4, 0.5) is 0 Å². The maximum Gasteiger partial charge on any atom is 0.180 e. The Hall–Kier alpha value is -1.09. The third-order valence-electron chi connectivity index (χ3n) is 1.89. The van der Waals surface area contributed by atoms with Gasteiger partial charge in [0, 0.05) is 5.02 Å². The first kappa shape index (κ1) is 13.0. The molecule has 0 aromatic heterocycles. The second-order valence-corrected chi connectivity index (χ2v) is 5.73. The molecule has 4 nitrogen and oxygen atoms in total. The number of nitrogens with zero attached hydrogens (tertiary/aromatic N) is 1. The van der Waals surface area contributed by atoms with Crippen LogP contribution in [-0.4, -0.2) is 25.4 Å². The van der Waals surface area contributed by atoms with E-state index < -0.39 is 21.7 Å². The number of hydrogen-bond acceptors (Lipinski definition) is 4. The summed E-state index contributed by atoms with van der Waals surface area (Å²) in [6, 6.07) is 7.51. The molecule has 0 spiro atoms. The van der Waals surface area contributed by atoms with Crippen molar-refractivity contribution in [2.45, 2.75) is 17.4 Å². The van der Waals surface area contributed by atoms with E-state index in [1.54, 1.807) is 12.1 Å². The number of hydrogen-bond donors (Lipinski definition) is 1. The smallest absolute Gasteiger partial charge is 0.180 e. The maximum atomic E-state index is 11.7. The number of rotatable bonds is 4. The zero-order valence-corrected chi connectivity index (χ0v) is 9.87. The molecule has 0 aliphatic carbocycles. The SMILES string of the molecule is N#CCC(O)CS(=O)(=O)c1cccc(Cl)c1. The summed E-state index contributed by atoms with van der Waals surface area (Å²) in [5.41, 5.74) is 0. The van der Waals surface area contributed by atoms with E-state index in [1.165, 1.54) is 18.2 Å². The molecule has 1 aromatic rings. The monoisotopic (exact) mass is 259 g/mol. The van der Waals surface area contributed by atoms with E-state index in [1.807, 2.05) is 0 Å². The molecule has 0 fully saturated rings. The zero-order chi connectivity index (χ0) is 12.2. The average molecular weight is 260 g/mol. The number of aliphatic hydroxyl groups is 1. The summed E-state index contributed by atoms with van der Waals surface area (Å²) in [7, 11) is -3.59. The van der Waals surface area contributed by atoms with E-state index in [9.17, 15) is 13.5 Å². The summed E-state index contributed by atoms with van der Waals surface area (Å²) in [5.74, 6) is -0.471. The summed E-state index contributed by atoms with van der Waals surface area (Å²) < 4.78 is 23.5. The van der Waals surface area contributed by atoms with Crippen molar-refractivity contribution in [3.05, 3.63) is 29.3 Å². The van der Waals surface area contributed by atoms with E-state index in [4.69, 9.17) is 16.9 Å². The molecule has 0 heterocycles. The van der Waals surface area contributed by atoms with Gasteiger partial charge in [0.15, 0.2) is 9.84 Å². The van der Waals surface area contributed by atoms with E-state index in [2.05, 4.69) is 0 Å². The highest BCUT2D eigenvalue weighted by Gasteiger charge is 2.19. The van der Waals surface area contributed by atoms with Crippen LogP contribution in [0.25, 0.3) is 0 Å². The van der Waals surface area contributed by atoms with Crippen molar-refractivity contribution in [1.29, 1.82) is 5.26 Å². The lowest BCUT2D eigenvalue weighted by Crippen LogP contribution is -2.20. The lowest BCUT2D eigenvalue weighted by Gasteiger charge is -2.08. The Balaban J connectivity index is 2.91. The first-order chi connectivity index (χ1) is 7.45. The van der Waals surface area contributed by atoms with Crippen LogP contribution in [0.1, 0.15) is 6.42 Å². The lowest BCUT2D eigenvalue weighted by atomic mass is 10.3. The number of aliphatic hydroxyl groups excluding tert-OH is 1. The summed E-state index contributed by atoms with van der Waals surface area (Å²) in [4.78, 5) is 0.0528. The van der Waals surface area contributed by atoms with E-state index >= 15 is 0 Å². The Morgan fingerprint density at radius 2 is 2.19 bits per heavy atom. The standard InChI is InChI=1S/C10H10ClNO3S/c11-8-2-1-3-10(6-8)16(14,15)7-9(13)4-5-12/h1-3,6,9,13H,4,7H2. The maximum absolute atomic E-state index is 11.7. The first-order valence-corrected chi connectivity index (χ1v) is 6.52. The minimum Gasteiger partial charge on any atom is -0.391 e. The molecular weight excluding hydrogens is 250 g/mol. The van der Waals surface area contributed by atoms with Crippen molar-refractivity contribution in [3.8, 4) is 6.07 Å². The number of sulfone groups is 1. The molecule has 1 N–H and O–H groups in total. The molecule has 86 valence electrons. The van der Waals surface area contributed by atoms with Crippen LogP contribution < -0.4 is 0 Å². The van der Waals surface area contributed by atoms with Crippen molar-refractivity contribution in [2.24, 2.45) is 0 Å². The predicted octanol–water partition coefficient (Wildman–Crippen LogP) is 1.39. The van der Waals surface area contributed by atoms with Crippen LogP contribution in [0.3, 0.4) is 0 Å². The van der Waals surface area contributed by atoms with Gasteiger partial charge < -0.3 is 5.11 Å². The van der Waals surface area contributed by atoms with Gasteiger partial charge in [0.1, 0.15) is 0 Å². The molecule has 6 heteroatoms. The molecule has 1 aromatic carbocycles. The second-order valence-electron chi connectivity index (χ2n) is 3.25. The fourth-order valence-electron chi connectivity index (χ4n) is 1.17. The molecule has 0 saturated heterocycles. The third-order valence-corrected chi connectivity index (χ3v) is 3.92. The molecule has 0 aliphatic heterocycles. The van der Waals surface area contributed by atoms with Crippen LogP contribution in [0.5, 0.6) is 0 Å². The van der Waals surface area contributed by atoms with Gasteiger partial charge in [-0.15, -0.1) is 0 Å². The third kappa shape index (κ3) is 3.49. The molecular formula is C10H10ClNO3S. The molecule has 0 saturated carbocycles. The average Bonchev–Trinajstić information content (AvgIpc) is 2.17. The molecule has 0 radical (unpaired) electrons. The Morgan fingerprint density at radius 1 is 1.50 bits per heavy atom. The van der Waals surface area contributed by atoms with Gasteiger partial charge >= 0.3 is 0 Å². The second kappa shape index (κ2) is 5.30. The predicted molar refractivity (Wildman–Crippen MR) is 59.7 cm³/mol. The number of halogens is 1. The van der Waals surface area contributed by atoms with Crippen LogP contribution in [0.2, 0.25) is 5.02 Å². The van der Waals surface area contributed by atoms with Gasteiger partial charge in [-0.1, -0.05) is 17.7 Å². The van der Waals surface area contributed by atoms with Crippen LogP contribution in [0, 0.1) is 11.3 Å². The summed E-state index contributed by atoms with van der Waals surface area (Å²) in [6.45, 7) is 0. The Kier molecular flexibility index (Phi) is 4.30. The summed E-state index contributed by atoms with van der Waals surface area (Å²) >= 11 is 5.67. The number of benzene rings is 1. The van der Waals surface area contributed by atoms with Gasteiger partial charge in [0.2, 0.25) is 0 Å². The van der Waals surface area contributed by atoms with Crippen molar-refractivity contribution >= 4 is 21.4 Å². The van der Waals surface area contributed by atoms with Gasteiger partial charge in [-0.05, 0) is 18.2 Å². The van der Waals surface area contributed by atoms with Gasteiger partial charge in [0.25, 0.3) is 0 Å². The normalized spacial score (nSPS) is 13.1. The molecule has 1 unspecified atom stereocenters. The topological polar surface area (TPSA) is 78.2 Å². The first-order valence-electron chi connectivity index (χ1n) is 4.49. The minimum atomic E-state index is -3.59. The van der Waals surface area contributed by atoms with E-state index in [-0.39, 0.29) is 11.3 Å². The van der Waals surface area contributed by atoms with Crippen molar-refractivity contribution in [2.75, 3.05) is 5.75 Å². The Bertz CT molecular complexity index is 507. The van der Waals surface area contributed by atoms with Crippen molar-refractivity contribution in [3.63, 3.8) is 0 Å². The molecule has 1 rings (SSSR count). The van der Waals surface area contributed by atoms with Crippen LogP contribution in [-0.2, 0) is 9.84 Å². The van der Waals surface area contributed by atoms with E-state index in [0.717, 1.165) is 0 Å². The zero-order valence-electron chi connectivity index (χ0n) is 8.30. The van der Waals surface area contributed by atoms with Gasteiger partial charge in [-0.3, -0.25) is 0 Å².